The van der Waals surface area contributed by atoms with Gasteiger partial charge in [0.05, 0.1) is 17.6 Å². The molecule has 1 amide bonds. The Morgan fingerprint density at radius 3 is 2.52 bits per heavy atom. The van der Waals surface area contributed by atoms with E-state index in [9.17, 15) is 9.59 Å². The Balaban J connectivity index is 1.73. The van der Waals surface area contributed by atoms with Gasteiger partial charge < -0.3 is 14.5 Å². The van der Waals surface area contributed by atoms with Gasteiger partial charge in [0.25, 0.3) is 5.91 Å². The number of fused-ring (bicyclic) bond motifs is 1. The number of nitrogens with one attached hydrogen (secondary N) is 1. The molecule has 0 aliphatic heterocycles. The minimum atomic E-state index is -0.231. The van der Waals surface area contributed by atoms with E-state index in [0.29, 0.717) is 45.9 Å². The zero-order valence-corrected chi connectivity index (χ0v) is 15.8. The topological polar surface area (TPSA) is 68.5 Å². The second-order valence-electron chi connectivity index (χ2n) is 6.44. The molecule has 0 atom stereocenters. The van der Waals surface area contributed by atoms with Gasteiger partial charge in [0.2, 0.25) is 0 Å². The zero-order valence-electron chi connectivity index (χ0n) is 15.8. The van der Waals surface area contributed by atoms with Crippen LogP contribution in [0.2, 0.25) is 0 Å². The average Bonchev–Trinajstić information content (AvgIpc) is 2.75. The fourth-order valence-electron chi connectivity index (χ4n) is 3.11. The van der Waals surface area contributed by atoms with Gasteiger partial charge in [-0.15, -0.1) is 0 Å². The molecule has 29 heavy (non-hydrogen) atoms. The first-order valence-corrected chi connectivity index (χ1v) is 9.32. The summed E-state index contributed by atoms with van der Waals surface area (Å²) in [4.78, 5) is 25.0. The van der Waals surface area contributed by atoms with E-state index >= 15 is 0 Å². The molecular weight excluding hydrogens is 366 g/mol. The normalized spacial score (nSPS) is 10.7. The van der Waals surface area contributed by atoms with E-state index < -0.39 is 0 Å². The number of benzene rings is 3. The highest BCUT2D eigenvalue weighted by Gasteiger charge is 2.13. The lowest BCUT2D eigenvalue weighted by Gasteiger charge is -2.10. The van der Waals surface area contributed by atoms with Gasteiger partial charge in [-0.25, -0.2) is 0 Å². The summed E-state index contributed by atoms with van der Waals surface area (Å²) in [5.41, 5.74) is 2.03. The Morgan fingerprint density at radius 2 is 1.72 bits per heavy atom. The molecule has 0 aliphatic rings. The van der Waals surface area contributed by atoms with Crippen molar-refractivity contribution >= 4 is 22.6 Å². The van der Waals surface area contributed by atoms with E-state index in [2.05, 4.69) is 5.32 Å². The van der Waals surface area contributed by atoms with E-state index in [1.165, 1.54) is 6.07 Å². The summed E-state index contributed by atoms with van der Waals surface area (Å²) < 4.78 is 11.7. The molecule has 144 valence electrons. The number of carbonyl (C=O) groups excluding carboxylic acids is 1. The molecule has 0 saturated carbocycles. The van der Waals surface area contributed by atoms with E-state index in [1.54, 1.807) is 42.5 Å². The first-order valence-electron chi connectivity index (χ1n) is 9.32. The Labute approximate surface area is 167 Å². The largest absolute Gasteiger partial charge is 0.493 e. The van der Waals surface area contributed by atoms with Crippen molar-refractivity contribution in [2.45, 2.75) is 6.92 Å². The molecule has 5 nitrogen and oxygen atoms in total. The van der Waals surface area contributed by atoms with Crippen LogP contribution in [-0.2, 0) is 0 Å². The molecule has 0 saturated heterocycles. The monoisotopic (exact) mass is 385 g/mol. The summed E-state index contributed by atoms with van der Waals surface area (Å²) in [6.07, 6.45) is 0. The lowest BCUT2D eigenvalue weighted by molar-refractivity contribution is 0.102. The maximum atomic E-state index is 12.6. The molecule has 0 unspecified atom stereocenters. The van der Waals surface area contributed by atoms with E-state index in [1.807, 2.05) is 37.3 Å². The molecule has 4 aromatic rings. The first-order chi connectivity index (χ1) is 14.2. The van der Waals surface area contributed by atoms with Gasteiger partial charge in [0.1, 0.15) is 17.1 Å². The highest BCUT2D eigenvalue weighted by molar-refractivity contribution is 6.05. The number of hydrogen-bond donors (Lipinski definition) is 1. The SMILES string of the molecule is CCOc1ccccc1-c1cc(=O)c2ccc(NC(=O)c3ccccc3)cc2o1. The molecule has 0 fully saturated rings. The van der Waals surface area contributed by atoms with Crippen LogP contribution in [0, 0.1) is 0 Å². The maximum absolute atomic E-state index is 12.6. The van der Waals surface area contributed by atoms with Crippen molar-refractivity contribution in [2.75, 3.05) is 11.9 Å². The van der Waals surface area contributed by atoms with Crippen LogP contribution in [0.15, 0.2) is 88.1 Å². The highest BCUT2D eigenvalue weighted by Crippen LogP contribution is 2.31. The third-order valence-electron chi connectivity index (χ3n) is 4.48. The number of para-hydroxylation sites is 1. The van der Waals surface area contributed by atoms with Gasteiger partial charge in [0, 0.05) is 23.4 Å². The van der Waals surface area contributed by atoms with Gasteiger partial charge in [-0.05, 0) is 43.3 Å². The quantitative estimate of drug-likeness (QED) is 0.518. The van der Waals surface area contributed by atoms with Crippen LogP contribution in [0.3, 0.4) is 0 Å². The van der Waals surface area contributed by atoms with Crippen LogP contribution in [-0.4, -0.2) is 12.5 Å². The summed E-state index contributed by atoms with van der Waals surface area (Å²) in [5, 5.41) is 3.28. The molecule has 0 radical (unpaired) electrons. The van der Waals surface area contributed by atoms with E-state index in [0.717, 1.165) is 0 Å². The Kier molecular flexibility index (Phi) is 5.12. The van der Waals surface area contributed by atoms with Crippen molar-refractivity contribution in [1.29, 1.82) is 0 Å². The number of carbonyl (C=O) groups is 1. The summed E-state index contributed by atoms with van der Waals surface area (Å²) >= 11 is 0. The van der Waals surface area contributed by atoms with Gasteiger partial charge in [-0.1, -0.05) is 30.3 Å². The summed E-state index contributed by atoms with van der Waals surface area (Å²) in [6.45, 7) is 2.40. The van der Waals surface area contributed by atoms with Crippen molar-refractivity contribution < 1.29 is 13.9 Å². The van der Waals surface area contributed by atoms with Crippen molar-refractivity contribution in [3.8, 4) is 17.1 Å². The summed E-state index contributed by atoms with van der Waals surface area (Å²) in [6, 6.07) is 22.8. The molecule has 1 heterocycles. The third-order valence-corrected chi connectivity index (χ3v) is 4.48. The molecule has 3 aromatic carbocycles. The van der Waals surface area contributed by atoms with Crippen LogP contribution >= 0.6 is 0 Å². The number of amides is 1. The van der Waals surface area contributed by atoms with Crippen molar-refractivity contribution in [3.05, 3.63) is 94.6 Å². The van der Waals surface area contributed by atoms with Crippen LogP contribution in [0.25, 0.3) is 22.3 Å². The van der Waals surface area contributed by atoms with E-state index in [4.69, 9.17) is 9.15 Å². The van der Waals surface area contributed by atoms with Crippen LogP contribution < -0.4 is 15.5 Å². The van der Waals surface area contributed by atoms with Crippen LogP contribution in [0.1, 0.15) is 17.3 Å². The van der Waals surface area contributed by atoms with Crippen molar-refractivity contribution in [3.63, 3.8) is 0 Å². The summed E-state index contributed by atoms with van der Waals surface area (Å²) in [5.74, 6) is 0.828. The smallest absolute Gasteiger partial charge is 0.255 e. The first kappa shape index (κ1) is 18.5. The van der Waals surface area contributed by atoms with Gasteiger partial charge in [-0.3, -0.25) is 9.59 Å². The predicted octanol–water partition coefficient (Wildman–Crippen LogP) is 5.11. The Morgan fingerprint density at radius 1 is 0.966 bits per heavy atom. The fraction of sp³-hybridized carbons (Fsp3) is 0.0833. The predicted molar refractivity (Wildman–Crippen MR) is 113 cm³/mol. The van der Waals surface area contributed by atoms with Gasteiger partial charge >= 0.3 is 0 Å². The number of ether oxygens (including phenoxy) is 1. The number of hydrogen-bond acceptors (Lipinski definition) is 4. The average molecular weight is 385 g/mol. The van der Waals surface area contributed by atoms with Gasteiger partial charge in [0.15, 0.2) is 5.43 Å². The number of anilines is 1. The Bertz CT molecular complexity index is 1230. The fourth-order valence-corrected chi connectivity index (χ4v) is 3.11. The minimum absolute atomic E-state index is 0.159. The minimum Gasteiger partial charge on any atom is -0.493 e. The molecule has 1 aromatic heterocycles. The molecule has 5 heteroatoms. The molecule has 1 N–H and O–H groups in total. The van der Waals surface area contributed by atoms with Crippen molar-refractivity contribution in [2.24, 2.45) is 0 Å². The van der Waals surface area contributed by atoms with Crippen LogP contribution in [0.5, 0.6) is 5.75 Å². The number of rotatable bonds is 5. The highest BCUT2D eigenvalue weighted by atomic mass is 16.5. The Hall–Kier alpha value is -3.86. The summed E-state index contributed by atoms with van der Waals surface area (Å²) in [7, 11) is 0. The molecular formula is C24H19NO4. The van der Waals surface area contributed by atoms with E-state index in [-0.39, 0.29) is 11.3 Å². The zero-order chi connectivity index (χ0) is 20.2. The van der Waals surface area contributed by atoms with Crippen molar-refractivity contribution in [1.82, 2.24) is 0 Å². The molecule has 0 bridgehead atoms. The van der Waals surface area contributed by atoms with Gasteiger partial charge in [-0.2, -0.15) is 0 Å². The van der Waals surface area contributed by atoms with Crippen LogP contribution in [0.4, 0.5) is 5.69 Å². The lowest BCUT2D eigenvalue weighted by atomic mass is 10.1. The third kappa shape index (κ3) is 3.89. The second kappa shape index (κ2) is 8.02. The second-order valence-corrected chi connectivity index (χ2v) is 6.44. The molecule has 0 spiro atoms. The lowest BCUT2D eigenvalue weighted by Crippen LogP contribution is -2.11. The molecule has 4 rings (SSSR count). The standard InChI is InChI=1S/C24H19NO4/c1-2-28-21-11-7-6-10-19(21)23-15-20(26)18-13-12-17(14-22(18)29-23)25-24(27)16-8-4-3-5-9-16/h3-15H,2H2,1H3,(H,25,27). The molecule has 0 aliphatic carbocycles. The maximum Gasteiger partial charge on any atom is 0.255 e.